The Bertz CT molecular complexity index is 203. The molecule has 0 radical (unpaired) electrons. The summed E-state index contributed by atoms with van der Waals surface area (Å²) >= 11 is 0. The maximum Gasteiger partial charge on any atom is 0.0932 e. The van der Waals surface area contributed by atoms with Crippen LogP contribution in [0.3, 0.4) is 0 Å². The molecule has 0 saturated carbocycles. The Hall–Kier alpha value is -0.160. The fraction of sp³-hybridized carbons (Fsp3) is 1.00. The van der Waals surface area contributed by atoms with Gasteiger partial charge in [-0.1, -0.05) is 20.8 Å². The minimum atomic E-state index is -0.275. The van der Waals surface area contributed by atoms with E-state index in [4.69, 9.17) is 9.84 Å². The van der Waals surface area contributed by atoms with E-state index in [1.165, 1.54) is 0 Å². The molecule has 0 aromatic heterocycles. The number of morpholine rings is 1. The van der Waals surface area contributed by atoms with Crippen LogP contribution in [0.25, 0.3) is 0 Å². The number of rotatable bonds is 4. The predicted molar refractivity (Wildman–Crippen MR) is 63.3 cm³/mol. The SMILES string of the molecule is CC(C)(C)C(O)CCN1CCOC(CO)C1. The molecule has 0 bridgehead atoms. The molecule has 1 saturated heterocycles. The van der Waals surface area contributed by atoms with Crippen molar-refractivity contribution in [3.05, 3.63) is 0 Å². The van der Waals surface area contributed by atoms with Crippen molar-refractivity contribution < 1.29 is 14.9 Å². The normalized spacial score (nSPS) is 25.7. The van der Waals surface area contributed by atoms with Crippen molar-refractivity contribution in [1.29, 1.82) is 0 Å². The molecule has 1 aliphatic rings. The molecule has 1 heterocycles. The summed E-state index contributed by atoms with van der Waals surface area (Å²) in [6, 6.07) is 0. The van der Waals surface area contributed by atoms with E-state index in [9.17, 15) is 5.11 Å². The van der Waals surface area contributed by atoms with Crippen molar-refractivity contribution in [3.8, 4) is 0 Å². The lowest BCUT2D eigenvalue weighted by Crippen LogP contribution is -2.45. The molecule has 0 aromatic rings. The van der Waals surface area contributed by atoms with Gasteiger partial charge in [0.2, 0.25) is 0 Å². The fourth-order valence-corrected chi connectivity index (χ4v) is 1.83. The summed E-state index contributed by atoms with van der Waals surface area (Å²) in [5, 5.41) is 18.9. The third kappa shape index (κ3) is 4.37. The van der Waals surface area contributed by atoms with Crippen LogP contribution in [-0.4, -0.2) is 60.2 Å². The minimum Gasteiger partial charge on any atom is -0.394 e. The van der Waals surface area contributed by atoms with Crippen molar-refractivity contribution in [2.75, 3.05) is 32.8 Å². The van der Waals surface area contributed by atoms with Gasteiger partial charge in [0, 0.05) is 19.6 Å². The maximum absolute atomic E-state index is 9.93. The van der Waals surface area contributed by atoms with Crippen LogP contribution in [0.4, 0.5) is 0 Å². The molecule has 96 valence electrons. The van der Waals surface area contributed by atoms with E-state index in [-0.39, 0.29) is 24.2 Å². The molecule has 2 N–H and O–H groups in total. The minimum absolute atomic E-state index is 0.0529. The molecule has 0 aliphatic carbocycles. The van der Waals surface area contributed by atoms with E-state index in [2.05, 4.69) is 4.90 Å². The van der Waals surface area contributed by atoms with E-state index in [1.54, 1.807) is 0 Å². The van der Waals surface area contributed by atoms with Gasteiger partial charge in [0.1, 0.15) is 0 Å². The smallest absolute Gasteiger partial charge is 0.0932 e. The summed E-state index contributed by atoms with van der Waals surface area (Å²) in [5.74, 6) is 0. The van der Waals surface area contributed by atoms with Crippen molar-refractivity contribution >= 4 is 0 Å². The maximum atomic E-state index is 9.93. The van der Waals surface area contributed by atoms with E-state index in [0.717, 1.165) is 26.1 Å². The highest BCUT2D eigenvalue weighted by molar-refractivity contribution is 4.76. The first kappa shape index (κ1) is 13.9. The second kappa shape index (κ2) is 5.96. The molecule has 2 unspecified atom stereocenters. The highest BCUT2D eigenvalue weighted by atomic mass is 16.5. The van der Waals surface area contributed by atoms with Gasteiger partial charge in [0.25, 0.3) is 0 Å². The van der Waals surface area contributed by atoms with Crippen LogP contribution in [0.15, 0.2) is 0 Å². The van der Waals surface area contributed by atoms with Crippen LogP contribution in [0.1, 0.15) is 27.2 Å². The van der Waals surface area contributed by atoms with E-state index < -0.39 is 0 Å². The molecule has 1 fully saturated rings. The van der Waals surface area contributed by atoms with Gasteiger partial charge in [-0.25, -0.2) is 0 Å². The molecule has 2 atom stereocenters. The molecule has 4 heteroatoms. The Morgan fingerprint density at radius 3 is 2.69 bits per heavy atom. The summed E-state index contributed by atoms with van der Waals surface area (Å²) in [4.78, 5) is 2.25. The van der Waals surface area contributed by atoms with Gasteiger partial charge in [-0.05, 0) is 11.8 Å². The lowest BCUT2D eigenvalue weighted by atomic mass is 9.87. The van der Waals surface area contributed by atoms with Crippen molar-refractivity contribution in [2.45, 2.75) is 39.4 Å². The van der Waals surface area contributed by atoms with Gasteiger partial charge < -0.3 is 14.9 Å². The zero-order valence-electron chi connectivity index (χ0n) is 10.6. The summed E-state index contributed by atoms with van der Waals surface area (Å²) in [5.41, 5.74) is -0.0529. The number of aliphatic hydroxyl groups is 2. The highest BCUT2D eigenvalue weighted by Gasteiger charge is 2.24. The standard InChI is InChI=1S/C12H25NO3/c1-12(2,3)11(15)4-5-13-6-7-16-10(8-13)9-14/h10-11,14-15H,4-9H2,1-3H3. The first-order chi connectivity index (χ1) is 7.43. The van der Waals surface area contributed by atoms with E-state index >= 15 is 0 Å². The number of hydrogen-bond acceptors (Lipinski definition) is 4. The van der Waals surface area contributed by atoms with Crippen molar-refractivity contribution in [2.24, 2.45) is 5.41 Å². The van der Waals surface area contributed by atoms with Crippen LogP contribution in [-0.2, 0) is 4.74 Å². The summed E-state index contributed by atoms with van der Waals surface area (Å²) in [6.07, 6.45) is 0.449. The van der Waals surface area contributed by atoms with Gasteiger partial charge in [-0.2, -0.15) is 0 Å². The predicted octanol–water partition coefficient (Wildman–Crippen LogP) is 0.477. The molecule has 1 aliphatic heterocycles. The fourth-order valence-electron chi connectivity index (χ4n) is 1.83. The molecule has 0 spiro atoms. The van der Waals surface area contributed by atoms with Crippen molar-refractivity contribution in [3.63, 3.8) is 0 Å². The van der Waals surface area contributed by atoms with Crippen LogP contribution >= 0.6 is 0 Å². The lowest BCUT2D eigenvalue weighted by Gasteiger charge is -2.34. The Morgan fingerprint density at radius 1 is 1.44 bits per heavy atom. The molecule has 16 heavy (non-hydrogen) atoms. The van der Waals surface area contributed by atoms with E-state index in [0.29, 0.717) is 6.61 Å². The Morgan fingerprint density at radius 2 is 2.12 bits per heavy atom. The zero-order valence-corrected chi connectivity index (χ0v) is 10.6. The lowest BCUT2D eigenvalue weighted by molar-refractivity contribution is -0.0577. The van der Waals surface area contributed by atoms with Gasteiger partial charge in [-0.3, -0.25) is 4.90 Å². The summed E-state index contributed by atoms with van der Waals surface area (Å²) in [7, 11) is 0. The molecular weight excluding hydrogens is 206 g/mol. The van der Waals surface area contributed by atoms with Gasteiger partial charge in [0.15, 0.2) is 0 Å². The van der Waals surface area contributed by atoms with Crippen LogP contribution in [0, 0.1) is 5.41 Å². The van der Waals surface area contributed by atoms with Crippen LogP contribution < -0.4 is 0 Å². The highest BCUT2D eigenvalue weighted by Crippen LogP contribution is 2.22. The van der Waals surface area contributed by atoms with Crippen LogP contribution in [0.2, 0.25) is 0 Å². The Kier molecular flexibility index (Phi) is 5.18. The first-order valence-corrected chi connectivity index (χ1v) is 6.06. The Balaban J connectivity index is 2.27. The number of hydrogen-bond donors (Lipinski definition) is 2. The summed E-state index contributed by atoms with van der Waals surface area (Å²) in [6.45, 7) is 9.45. The van der Waals surface area contributed by atoms with E-state index in [1.807, 2.05) is 20.8 Å². The van der Waals surface area contributed by atoms with Gasteiger partial charge >= 0.3 is 0 Å². The topological polar surface area (TPSA) is 52.9 Å². The average Bonchev–Trinajstić information content (AvgIpc) is 2.25. The first-order valence-electron chi connectivity index (χ1n) is 6.06. The van der Waals surface area contributed by atoms with Gasteiger partial charge in [-0.15, -0.1) is 0 Å². The molecule has 0 amide bonds. The number of ether oxygens (including phenoxy) is 1. The quantitative estimate of drug-likeness (QED) is 0.739. The van der Waals surface area contributed by atoms with Crippen molar-refractivity contribution in [1.82, 2.24) is 4.90 Å². The number of nitrogens with zero attached hydrogens (tertiary/aromatic N) is 1. The third-order valence-corrected chi connectivity index (χ3v) is 3.14. The molecule has 1 rings (SSSR count). The van der Waals surface area contributed by atoms with Crippen LogP contribution in [0.5, 0.6) is 0 Å². The monoisotopic (exact) mass is 231 g/mol. The van der Waals surface area contributed by atoms with Gasteiger partial charge in [0.05, 0.1) is 25.4 Å². The molecule has 0 aromatic carbocycles. The zero-order chi connectivity index (χ0) is 12.2. The Labute approximate surface area is 98.2 Å². The third-order valence-electron chi connectivity index (χ3n) is 3.14. The second-order valence-corrected chi connectivity index (χ2v) is 5.65. The molecular formula is C12H25NO3. The largest absolute Gasteiger partial charge is 0.394 e. The number of aliphatic hydroxyl groups excluding tert-OH is 2. The average molecular weight is 231 g/mol. The summed E-state index contributed by atoms with van der Waals surface area (Å²) < 4.78 is 5.38. The molecule has 4 nitrogen and oxygen atoms in total. The second-order valence-electron chi connectivity index (χ2n) is 5.65.